The van der Waals surface area contributed by atoms with Crippen molar-refractivity contribution < 1.29 is 13.2 Å². The zero-order valence-electron chi connectivity index (χ0n) is 12.6. The van der Waals surface area contributed by atoms with Crippen LogP contribution in [0.15, 0.2) is 29.2 Å². The van der Waals surface area contributed by atoms with Crippen LogP contribution < -0.4 is 0 Å². The molecule has 0 radical (unpaired) electrons. The van der Waals surface area contributed by atoms with E-state index in [2.05, 4.69) is 6.92 Å². The summed E-state index contributed by atoms with van der Waals surface area (Å²) in [5.74, 6) is 0.146. The highest BCUT2D eigenvalue weighted by Gasteiger charge is 2.15. The highest BCUT2D eigenvalue weighted by Crippen LogP contribution is 2.16. The SMILES string of the molecule is CCCCCCS(=O)(=O)c1ccc(C(=O)C(C)C)cc1. The molecule has 112 valence electrons. The number of hydrogen-bond acceptors (Lipinski definition) is 3. The Kier molecular flexibility index (Phi) is 6.40. The maximum absolute atomic E-state index is 12.1. The number of ketones is 1. The molecule has 0 saturated carbocycles. The van der Waals surface area contributed by atoms with Crippen LogP contribution in [0.4, 0.5) is 0 Å². The molecule has 0 amide bonds. The van der Waals surface area contributed by atoms with Gasteiger partial charge in [0.1, 0.15) is 0 Å². The smallest absolute Gasteiger partial charge is 0.178 e. The Morgan fingerprint density at radius 3 is 2.15 bits per heavy atom. The third kappa shape index (κ3) is 4.75. The molecule has 0 spiro atoms. The summed E-state index contributed by atoms with van der Waals surface area (Å²) < 4.78 is 24.3. The van der Waals surface area contributed by atoms with E-state index in [9.17, 15) is 13.2 Å². The van der Waals surface area contributed by atoms with Crippen molar-refractivity contribution in [1.82, 2.24) is 0 Å². The summed E-state index contributed by atoms with van der Waals surface area (Å²) in [5.41, 5.74) is 0.574. The Labute approximate surface area is 122 Å². The normalized spacial score (nSPS) is 11.8. The first-order chi connectivity index (χ1) is 9.38. The lowest BCUT2D eigenvalue weighted by Gasteiger charge is -2.07. The van der Waals surface area contributed by atoms with E-state index in [0.717, 1.165) is 19.3 Å². The monoisotopic (exact) mass is 296 g/mol. The number of benzene rings is 1. The van der Waals surface area contributed by atoms with Crippen molar-refractivity contribution in [3.05, 3.63) is 29.8 Å². The van der Waals surface area contributed by atoms with Crippen LogP contribution in [0.3, 0.4) is 0 Å². The zero-order valence-corrected chi connectivity index (χ0v) is 13.4. The molecule has 0 bridgehead atoms. The van der Waals surface area contributed by atoms with Crippen molar-refractivity contribution in [3.8, 4) is 0 Å². The predicted octanol–water partition coefficient (Wildman–Crippen LogP) is 3.88. The highest BCUT2D eigenvalue weighted by atomic mass is 32.2. The minimum Gasteiger partial charge on any atom is -0.294 e. The number of unbranched alkanes of at least 4 members (excludes halogenated alkanes) is 3. The van der Waals surface area contributed by atoms with Crippen molar-refractivity contribution in [2.75, 3.05) is 5.75 Å². The minimum atomic E-state index is -3.21. The molecule has 0 aliphatic heterocycles. The van der Waals surface area contributed by atoms with Crippen LogP contribution >= 0.6 is 0 Å². The molecule has 3 nitrogen and oxygen atoms in total. The first-order valence-electron chi connectivity index (χ1n) is 7.25. The lowest BCUT2D eigenvalue weighted by Crippen LogP contribution is -2.09. The molecule has 0 aliphatic carbocycles. The summed E-state index contributed by atoms with van der Waals surface area (Å²) in [7, 11) is -3.21. The number of carbonyl (C=O) groups is 1. The van der Waals surface area contributed by atoms with Gasteiger partial charge < -0.3 is 0 Å². The van der Waals surface area contributed by atoms with E-state index in [1.165, 1.54) is 0 Å². The fourth-order valence-corrected chi connectivity index (χ4v) is 3.37. The Balaban J connectivity index is 2.74. The van der Waals surface area contributed by atoms with Crippen molar-refractivity contribution in [1.29, 1.82) is 0 Å². The molecule has 0 heterocycles. The fourth-order valence-electron chi connectivity index (χ4n) is 2.00. The third-order valence-electron chi connectivity index (χ3n) is 3.29. The highest BCUT2D eigenvalue weighted by molar-refractivity contribution is 7.91. The molecular weight excluding hydrogens is 272 g/mol. The molecule has 0 fully saturated rings. The molecule has 0 aromatic heterocycles. The van der Waals surface area contributed by atoms with Gasteiger partial charge in [0.05, 0.1) is 10.6 Å². The maximum Gasteiger partial charge on any atom is 0.178 e. The van der Waals surface area contributed by atoms with Crippen LogP contribution in [0.2, 0.25) is 0 Å². The Hall–Kier alpha value is -1.16. The molecule has 1 aromatic rings. The fraction of sp³-hybridized carbons (Fsp3) is 0.562. The van der Waals surface area contributed by atoms with Crippen LogP contribution in [-0.2, 0) is 9.84 Å². The van der Waals surface area contributed by atoms with Gasteiger partial charge in [0.15, 0.2) is 15.6 Å². The molecular formula is C16H24O3S. The van der Waals surface area contributed by atoms with E-state index in [1.54, 1.807) is 24.3 Å². The van der Waals surface area contributed by atoms with Gasteiger partial charge >= 0.3 is 0 Å². The van der Waals surface area contributed by atoms with E-state index >= 15 is 0 Å². The van der Waals surface area contributed by atoms with E-state index < -0.39 is 9.84 Å². The lowest BCUT2D eigenvalue weighted by molar-refractivity contribution is 0.0939. The van der Waals surface area contributed by atoms with Crippen LogP contribution in [0.1, 0.15) is 56.8 Å². The summed E-state index contributed by atoms with van der Waals surface area (Å²) in [6, 6.07) is 6.32. The molecule has 0 saturated heterocycles. The summed E-state index contributed by atoms with van der Waals surface area (Å²) in [6.45, 7) is 5.76. The topological polar surface area (TPSA) is 51.2 Å². The standard InChI is InChI=1S/C16H24O3S/c1-4-5-6-7-12-20(18,19)15-10-8-14(9-11-15)16(17)13(2)3/h8-11,13H,4-7,12H2,1-3H3. The Morgan fingerprint density at radius 2 is 1.65 bits per heavy atom. The van der Waals surface area contributed by atoms with Gasteiger partial charge in [-0.3, -0.25) is 4.79 Å². The van der Waals surface area contributed by atoms with Gasteiger partial charge in [-0.15, -0.1) is 0 Å². The summed E-state index contributed by atoms with van der Waals surface area (Å²) >= 11 is 0. The quantitative estimate of drug-likeness (QED) is 0.540. The second-order valence-corrected chi connectivity index (χ2v) is 7.53. The predicted molar refractivity (Wildman–Crippen MR) is 81.8 cm³/mol. The zero-order chi connectivity index (χ0) is 15.2. The number of hydrogen-bond donors (Lipinski definition) is 0. The molecule has 0 aliphatic rings. The minimum absolute atomic E-state index is 0.0388. The number of sulfone groups is 1. The van der Waals surface area contributed by atoms with Gasteiger partial charge in [-0.2, -0.15) is 0 Å². The molecule has 1 rings (SSSR count). The molecule has 20 heavy (non-hydrogen) atoms. The average molecular weight is 296 g/mol. The van der Waals surface area contributed by atoms with E-state index in [1.807, 2.05) is 13.8 Å². The third-order valence-corrected chi connectivity index (χ3v) is 5.11. The van der Waals surface area contributed by atoms with Gasteiger partial charge in [-0.25, -0.2) is 8.42 Å². The Morgan fingerprint density at radius 1 is 1.05 bits per heavy atom. The van der Waals surface area contributed by atoms with Gasteiger partial charge in [0.25, 0.3) is 0 Å². The molecule has 0 unspecified atom stereocenters. The van der Waals surface area contributed by atoms with Crippen molar-refractivity contribution in [2.45, 2.75) is 51.3 Å². The van der Waals surface area contributed by atoms with Crippen molar-refractivity contribution >= 4 is 15.6 Å². The summed E-state index contributed by atoms with van der Waals surface area (Å²) in [6.07, 6.45) is 3.80. The van der Waals surface area contributed by atoms with E-state index in [0.29, 0.717) is 16.9 Å². The van der Waals surface area contributed by atoms with Gasteiger partial charge in [0, 0.05) is 11.5 Å². The maximum atomic E-state index is 12.1. The summed E-state index contributed by atoms with van der Waals surface area (Å²) in [4.78, 5) is 12.1. The molecule has 0 N–H and O–H groups in total. The van der Waals surface area contributed by atoms with Gasteiger partial charge in [0.2, 0.25) is 0 Å². The number of Topliss-reactive ketones (excluding diaryl/α,β-unsaturated/α-hetero) is 1. The van der Waals surface area contributed by atoms with Crippen molar-refractivity contribution in [2.24, 2.45) is 5.92 Å². The van der Waals surface area contributed by atoms with Gasteiger partial charge in [-0.05, 0) is 18.6 Å². The van der Waals surface area contributed by atoms with Crippen LogP contribution in [0.25, 0.3) is 0 Å². The summed E-state index contributed by atoms with van der Waals surface area (Å²) in [5, 5.41) is 0. The Bertz CT molecular complexity index is 527. The lowest BCUT2D eigenvalue weighted by atomic mass is 10.0. The second-order valence-electron chi connectivity index (χ2n) is 5.42. The van der Waals surface area contributed by atoms with E-state index in [4.69, 9.17) is 0 Å². The van der Waals surface area contributed by atoms with Crippen molar-refractivity contribution in [3.63, 3.8) is 0 Å². The van der Waals surface area contributed by atoms with E-state index in [-0.39, 0.29) is 17.5 Å². The average Bonchev–Trinajstić information content (AvgIpc) is 2.43. The number of rotatable bonds is 8. The van der Waals surface area contributed by atoms with Crippen LogP contribution in [0, 0.1) is 5.92 Å². The number of carbonyl (C=O) groups excluding carboxylic acids is 1. The molecule has 4 heteroatoms. The first kappa shape index (κ1) is 16.9. The molecule has 1 aromatic carbocycles. The largest absolute Gasteiger partial charge is 0.294 e. The van der Waals surface area contributed by atoms with Gasteiger partial charge in [-0.1, -0.05) is 52.2 Å². The first-order valence-corrected chi connectivity index (χ1v) is 8.90. The van der Waals surface area contributed by atoms with Crippen LogP contribution in [0.5, 0.6) is 0 Å². The molecule has 0 atom stereocenters. The van der Waals surface area contributed by atoms with Crippen LogP contribution in [-0.4, -0.2) is 20.0 Å². The second kappa shape index (κ2) is 7.58.